The Bertz CT molecular complexity index is 388. The number of hydrogen-bond donors (Lipinski definition) is 0. The van der Waals surface area contributed by atoms with Crippen LogP contribution in [-0.2, 0) is 4.74 Å². The van der Waals surface area contributed by atoms with Crippen LogP contribution in [0.5, 0.6) is 0 Å². The highest BCUT2D eigenvalue weighted by Crippen LogP contribution is 1.99. The van der Waals surface area contributed by atoms with E-state index in [0.29, 0.717) is 13.2 Å². The number of amides is 1. The molecule has 0 radical (unpaired) electrons. The van der Waals surface area contributed by atoms with Crippen LogP contribution in [0.4, 0.5) is 4.79 Å². The molecule has 0 bridgehead atoms. The summed E-state index contributed by atoms with van der Waals surface area (Å²) >= 11 is 0. The number of hydrazone groups is 1. The minimum absolute atomic E-state index is 0.322. The number of ether oxygens (including phenoxy) is 1. The highest BCUT2D eigenvalue weighted by Gasteiger charge is 2.10. The molecule has 90 valence electrons. The topological polar surface area (TPSA) is 41.9 Å². The zero-order valence-electron chi connectivity index (χ0n) is 9.87. The number of carbonyl (C=O) groups is 1. The fourth-order valence-electron chi connectivity index (χ4n) is 1.16. The van der Waals surface area contributed by atoms with Gasteiger partial charge in [0.15, 0.2) is 0 Å². The molecule has 0 atom stereocenters. The van der Waals surface area contributed by atoms with Crippen molar-refractivity contribution in [1.29, 1.82) is 0 Å². The zero-order chi connectivity index (χ0) is 12.5. The lowest BCUT2D eigenvalue weighted by Crippen LogP contribution is -2.26. The maximum absolute atomic E-state index is 11.5. The SMILES string of the molecule is C=CCN(N=Cc1ccccc1)C(=O)OCC. The van der Waals surface area contributed by atoms with E-state index in [2.05, 4.69) is 11.7 Å². The Morgan fingerprint density at radius 1 is 1.47 bits per heavy atom. The maximum Gasteiger partial charge on any atom is 0.430 e. The molecule has 1 amide bonds. The van der Waals surface area contributed by atoms with Gasteiger partial charge in [-0.15, -0.1) is 6.58 Å². The van der Waals surface area contributed by atoms with E-state index in [1.165, 1.54) is 5.01 Å². The van der Waals surface area contributed by atoms with Crippen LogP contribution in [0, 0.1) is 0 Å². The van der Waals surface area contributed by atoms with Crippen LogP contribution in [0.15, 0.2) is 48.1 Å². The van der Waals surface area contributed by atoms with Crippen molar-refractivity contribution in [3.8, 4) is 0 Å². The Labute approximate surface area is 101 Å². The molecule has 0 aliphatic rings. The van der Waals surface area contributed by atoms with Gasteiger partial charge in [-0.3, -0.25) is 0 Å². The van der Waals surface area contributed by atoms with E-state index in [1.54, 1.807) is 19.2 Å². The minimum atomic E-state index is -0.473. The first-order valence-electron chi connectivity index (χ1n) is 5.42. The quantitative estimate of drug-likeness (QED) is 0.445. The second-order valence-corrected chi connectivity index (χ2v) is 3.22. The van der Waals surface area contributed by atoms with Crippen molar-refractivity contribution in [1.82, 2.24) is 5.01 Å². The van der Waals surface area contributed by atoms with Gasteiger partial charge in [-0.25, -0.2) is 4.79 Å². The Morgan fingerprint density at radius 3 is 2.76 bits per heavy atom. The van der Waals surface area contributed by atoms with Gasteiger partial charge in [0, 0.05) is 0 Å². The first-order valence-corrected chi connectivity index (χ1v) is 5.42. The summed E-state index contributed by atoms with van der Waals surface area (Å²) < 4.78 is 4.87. The molecule has 0 unspecified atom stereocenters. The van der Waals surface area contributed by atoms with Crippen molar-refractivity contribution in [3.05, 3.63) is 48.6 Å². The van der Waals surface area contributed by atoms with Crippen LogP contribution >= 0.6 is 0 Å². The number of benzene rings is 1. The van der Waals surface area contributed by atoms with Gasteiger partial charge in [0.25, 0.3) is 0 Å². The molecule has 0 heterocycles. The summed E-state index contributed by atoms with van der Waals surface area (Å²) in [6.45, 7) is 5.98. The molecule has 1 aromatic carbocycles. The molecule has 0 spiro atoms. The van der Waals surface area contributed by atoms with Crippen molar-refractivity contribution in [2.45, 2.75) is 6.92 Å². The maximum atomic E-state index is 11.5. The lowest BCUT2D eigenvalue weighted by atomic mass is 10.2. The van der Waals surface area contributed by atoms with Gasteiger partial charge in [-0.1, -0.05) is 36.4 Å². The first kappa shape index (κ1) is 13.0. The van der Waals surface area contributed by atoms with Crippen molar-refractivity contribution < 1.29 is 9.53 Å². The molecule has 4 nitrogen and oxygen atoms in total. The second-order valence-electron chi connectivity index (χ2n) is 3.22. The van der Waals surface area contributed by atoms with Gasteiger partial charge in [-0.05, 0) is 12.5 Å². The van der Waals surface area contributed by atoms with E-state index in [0.717, 1.165) is 5.56 Å². The number of rotatable bonds is 5. The van der Waals surface area contributed by atoms with Crippen molar-refractivity contribution >= 4 is 12.3 Å². The Balaban J connectivity index is 2.69. The molecule has 0 saturated heterocycles. The summed E-state index contributed by atoms with van der Waals surface area (Å²) in [5.74, 6) is 0. The molecule has 0 aliphatic carbocycles. The summed E-state index contributed by atoms with van der Waals surface area (Å²) in [4.78, 5) is 11.5. The van der Waals surface area contributed by atoms with E-state index >= 15 is 0 Å². The minimum Gasteiger partial charge on any atom is -0.448 e. The van der Waals surface area contributed by atoms with E-state index in [9.17, 15) is 4.79 Å². The third kappa shape index (κ3) is 4.51. The molecule has 0 fully saturated rings. The van der Waals surface area contributed by atoms with Crippen molar-refractivity contribution in [2.75, 3.05) is 13.2 Å². The number of carbonyl (C=O) groups excluding carboxylic acids is 1. The van der Waals surface area contributed by atoms with E-state index < -0.39 is 6.09 Å². The third-order valence-electron chi connectivity index (χ3n) is 1.93. The Kier molecular flexibility index (Phi) is 5.51. The predicted octanol–water partition coefficient (Wildman–Crippen LogP) is 2.67. The molecular formula is C13H16N2O2. The van der Waals surface area contributed by atoms with Gasteiger partial charge in [0.05, 0.1) is 19.4 Å². The third-order valence-corrected chi connectivity index (χ3v) is 1.93. The molecule has 17 heavy (non-hydrogen) atoms. The number of nitrogens with zero attached hydrogens (tertiary/aromatic N) is 2. The van der Waals surface area contributed by atoms with Crippen LogP contribution in [0.2, 0.25) is 0 Å². The summed E-state index contributed by atoms with van der Waals surface area (Å²) in [6.07, 6.45) is 2.74. The summed E-state index contributed by atoms with van der Waals surface area (Å²) in [5.41, 5.74) is 0.922. The van der Waals surface area contributed by atoms with Gasteiger partial charge in [-0.2, -0.15) is 10.1 Å². The zero-order valence-corrected chi connectivity index (χ0v) is 9.87. The van der Waals surface area contributed by atoms with Crippen LogP contribution < -0.4 is 0 Å². The lowest BCUT2D eigenvalue weighted by Gasteiger charge is -2.13. The summed E-state index contributed by atoms with van der Waals surface area (Å²) in [6, 6.07) is 9.54. The van der Waals surface area contributed by atoms with Crippen LogP contribution in [0.3, 0.4) is 0 Å². The van der Waals surface area contributed by atoms with Crippen LogP contribution in [0.1, 0.15) is 12.5 Å². The molecule has 4 heteroatoms. The van der Waals surface area contributed by atoms with Gasteiger partial charge in [0.1, 0.15) is 0 Å². The molecular weight excluding hydrogens is 216 g/mol. The highest BCUT2D eigenvalue weighted by molar-refractivity contribution is 5.80. The second kappa shape index (κ2) is 7.22. The van der Waals surface area contributed by atoms with E-state index in [1.807, 2.05) is 30.3 Å². The molecule has 0 aromatic heterocycles. The predicted molar refractivity (Wildman–Crippen MR) is 68.0 cm³/mol. The smallest absolute Gasteiger partial charge is 0.430 e. The fourth-order valence-corrected chi connectivity index (χ4v) is 1.16. The van der Waals surface area contributed by atoms with Gasteiger partial charge in [0.2, 0.25) is 0 Å². The van der Waals surface area contributed by atoms with Gasteiger partial charge >= 0.3 is 6.09 Å². The molecule has 1 rings (SSSR count). The number of hydrogen-bond acceptors (Lipinski definition) is 3. The van der Waals surface area contributed by atoms with E-state index in [-0.39, 0.29) is 0 Å². The fraction of sp³-hybridized carbons (Fsp3) is 0.231. The molecule has 0 N–H and O–H groups in total. The monoisotopic (exact) mass is 232 g/mol. The van der Waals surface area contributed by atoms with Crippen molar-refractivity contribution in [2.24, 2.45) is 5.10 Å². The normalized spacial score (nSPS) is 10.2. The molecule has 0 aliphatic heterocycles. The van der Waals surface area contributed by atoms with E-state index in [4.69, 9.17) is 4.74 Å². The average Bonchev–Trinajstić information content (AvgIpc) is 2.36. The lowest BCUT2D eigenvalue weighted by molar-refractivity contribution is 0.113. The molecule has 1 aromatic rings. The average molecular weight is 232 g/mol. The van der Waals surface area contributed by atoms with Gasteiger partial charge < -0.3 is 4.74 Å². The summed E-state index contributed by atoms with van der Waals surface area (Å²) in [5, 5.41) is 5.29. The largest absolute Gasteiger partial charge is 0.448 e. The molecule has 0 saturated carbocycles. The van der Waals surface area contributed by atoms with Crippen molar-refractivity contribution in [3.63, 3.8) is 0 Å². The summed E-state index contributed by atoms with van der Waals surface area (Å²) in [7, 11) is 0. The van der Waals surface area contributed by atoms with Crippen LogP contribution in [-0.4, -0.2) is 30.5 Å². The Hall–Kier alpha value is -2.10. The standard InChI is InChI=1S/C13H16N2O2/c1-3-10-15(13(16)17-4-2)14-11-12-8-6-5-7-9-12/h3,5-9,11H,1,4,10H2,2H3. The van der Waals surface area contributed by atoms with Crippen LogP contribution in [0.25, 0.3) is 0 Å². The highest BCUT2D eigenvalue weighted by atomic mass is 16.6. The Morgan fingerprint density at radius 2 is 2.18 bits per heavy atom. The first-order chi connectivity index (χ1) is 8.27.